The molecule has 0 unspecified atom stereocenters. The number of benzene rings is 4. The number of aliphatic carboxylic acids is 1. The summed E-state index contributed by atoms with van der Waals surface area (Å²) < 4.78 is 46.9. The maximum Gasteiger partial charge on any atom is 0.307 e. The minimum atomic E-state index is -0.875. The Morgan fingerprint density at radius 1 is 0.531 bits per heavy atom. The van der Waals surface area contributed by atoms with E-state index in [1.165, 1.54) is 0 Å². The molecule has 0 radical (unpaired) electrons. The normalized spacial score (nSPS) is 11.2. The topological polar surface area (TPSA) is 171 Å². The highest BCUT2D eigenvalue weighted by atomic mass is 127. The van der Waals surface area contributed by atoms with Crippen LogP contribution in [-0.2, 0) is 58.2 Å². The number of carbonyl (C=O) groups excluding carboxylic acids is 1. The molecule has 338 valence electrons. The predicted octanol–water partition coefficient (Wildman–Crippen LogP) is 10.9. The van der Waals surface area contributed by atoms with Gasteiger partial charge in [-0.2, -0.15) is 0 Å². The molecule has 0 saturated carbocycles. The van der Waals surface area contributed by atoms with Crippen LogP contribution in [0.25, 0.3) is 0 Å². The third-order valence-electron chi connectivity index (χ3n) is 8.51. The molecule has 0 atom stereocenters. The van der Waals surface area contributed by atoms with Crippen LogP contribution < -0.4 is 18.9 Å². The molecule has 6 aromatic rings. The average Bonchev–Trinajstić information content (AvgIpc) is 3.87. The number of Topliss-reactive ketones (excluding diaryl/α,β-unsaturated/α-hetero) is 1. The molecule has 64 heavy (non-hydrogen) atoms. The lowest BCUT2D eigenvalue weighted by atomic mass is 10.1. The Morgan fingerprint density at radius 2 is 0.891 bits per heavy atom. The molecule has 0 saturated heterocycles. The van der Waals surface area contributed by atoms with Crippen LogP contribution in [0.15, 0.2) is 60.9 Å². The van der Waals surface area contributed by atoms with Gasteiger partial charge < -0.3 is 33.5 Å². The summed E-state index contributed by atoms with van der Waals surface area (Å²) >= 11 is 17.8. The van der Waals surface area contributed by atoms with E-state index in [1.54, 1.807) is 16.3 Å². The maximum absolute atomic E-state index is 11.6. The summed E-state index contributed by atoms with van der Waals surface area (Å²) in [7, 11) is 0. The Hall–Kier alpha value is -0.740. The highest BCUT2D eigenvalue weighted by Gasteiger charge is 2.18. The van der Waals surface area contributed by atoms with E-state index in [2.05, 4.69) is 201 Å². The summed E-state index contributed by atoms with van der Waals surface area (Å²) in [4.78, 5) is 22.8. The van der Waals surface area contributed by atoms with Gasteiger partial charge >= 0.3 is 5.97 Å². The molecule has 0 aliphatic heterocycles. The van der Waals surface area contributed by atoms with Crippen molar-refractivity contribution in [2.75, 3.05) is 26.4 Å². The number of ketones is 1. The molecule has 6 rings (SSSR count). The highest BCUT2D eigenvalue weighted by molar-refractivity contribution is 14.1. The number of carbonyl (C=O) groups is 2. The summed E-state index contributed by atoms with van der Waals surface area (Å²) in [5, 5.41) is 26.1. The van der Waals surface area contributed by atoms with Crippen molar-refractivity contribution in [1.82, 2.24) is 30.0 Å². The first-order valence-corrected chi connectivity index (χ1v) is 27.4. The van der Waals surface area contributed by atoms with E-state index in [1.807, 2.05) is 60.9 Å². The molecule has 0 aliphatic carbocycles. The van der Waals surface area contributed by atoms with E-state index >= 15 is 0 Å². The van der Waals surface area contributed by atoms with Gasteiger partial charge in [0, 0.05) is 6.42 Å². The van der Waals surface area contributed by atoms with E-state index < -0.39 is 5.97 Å². The van der Waals surface area contributed by atoms with Crippen LogP contribution in [-0.4, -0.2) is 73.3 Å². The first kappa shape index (κ1) is 52.6. The molecule has 2 aromatic heterocycles. The van der Waals surface area contributed by atoms with Crippen molar-refractivity contribution in [3.63, 3.8) is 0 Å². The second-order valence-electron chi connectivity index (χ2n) is 13.6. The van der Waals surface area contributed by atoms with Gasteiger partial charge in [0.1, 0.15) is 53.4 Å². The number of ether oxygens (including phenoxy) is 6. The average molecular weight is 1770 g/mol. The van der Waals surface area contributed by atoms with Crippen molar-refractivity contribution in [2.24, 2.45) is 0 Å². The van der Waals surface area contributed by atoms with Gasteiger partial charge in [0.2, 0.25) is 0 Å². The number of halogens is 8. The number of aromatic nitrogens is 6. The Bertz CT molecular complexity index is 2360. The van der Waals surface area contributed by atoms with Crippen molar-refractivity contribution >= 4 is 192 Å². The van der Waals surface area contributed by atoms with E-state index in [-0.39, 0.29) is 25.4 Å². The Balaban J connectivity index is 0.860. The molecular formula is C41H34I8N6O9. The SMILES string of the molecule is CC(=O)Cc1cc(I)c(Oc2cc(I)c(OCc3cn(CCOCCOCCn4cc(COc5c(I)cc(Oc6c(I)cc(CC(=O)O)cc6I)cc5I)nn4)nn3)c(I)c2)c(I)c1. The van der Waals surface area contributed by atoms with E-state index in [0.717, 1.165) is 56.9 Å². The first-order valence-electron chi connectivity index (χ1n) is 18.8. The zero-order valence-electron chi connectivity index (χ0n) is 33.3. The van der Waals surface area contributed by atoms with Crippen molar-refractivity contribution in [3.8, 4) is 34.5 Å². The molecule has 0 amide bonds. The summed E-state index contributed by atoms with van der Waals surface area (Å²) in [5.41, 5.74) is 3.08. The van der Waals surface area contributed by atoms with E-state index in [4.69, 9.17) is 33.5 Å². The number of carboxylic acids is 1. The molecular weight excluding hydrogens is 1740 g/mol. The number of hydrogen-bond donors (Lipinski definition) is 1. The quantitative estimate of drug-likeness (QED) is 0.0475. The van der Waals surface area contributed by atoms with Crippen molar-refractivity contribution in [1.29, 1.82) is 0 Å². The Labute approximate surface area is 477 Å². The molecule has 1 N–H and O–H groups in total. The minimum absolute atomic E-state index is 0.0428. The Morgan fingerprint density at radius 3 is 1.25 bits per heavy atom. The van der Waals surface area contributed by atoms with Crippen molar-refractivity contribution in [2.45, 2.75) is 46.1 Å². The van der Waals surface area contributed by atoms with Gasteiger partial charge in [-0.05, 0) is 247 Å². The van der Waals surface area contributed by atoms with Crippen LogP contribution in [0.1, 0.15) is 29.4 Å². The molecule has 15 nitrogen and oxygen atoms in total. The molecule has 2 heterocycles. The van der Waals surface area contributed by atoms with Gasteiger partial charge in [0.05, 0.1) is 86.9 Å². The highest BCUT2D eigenvalue weighted by Crippen LogP contribution is 2.39. The fraction of sp³-hybridized carbons (Fsp3) is 0.268. The van der Waals surface area contributed by atoms with Crippen molar-refractivity contribution < 1.29 is 43.1 Å². The van der Waals surface area contributed by atoms with Crippen LogP contribution >= 0.6 is 181 Å². The lowest BCUT2D eigenvalue weighted by Crippen LogP contribution is -2.13. The second-order valence-corrected chi connectivity index (χ2v) is 22.9. The van der Waals surface area contributed by atoms with Gasteiger partial charge in [0.25, 0.3) is 0 Å². The Kier molecular flexibility index (Phi) is 21.2. The van der Waals surface area contributed by atoms with E-state index in [0.29, 0.717) is 74.6 Å². The number of carboxylic acid groups (broad SMARTS) is 1. The van der Waals surface area contributed by atoms with Crippen LogP contribution in [0.2, 0.25) is 0 Å². The van der Waals surface area contributed by atoms with Crippen molar-refractivity contribution in [3.05, 3.63) is 112 Å². The fourth-order valence-electron chi connectivity index (χ4n) is 5.75. The number of rotatable bonds is 23. The summed E-state index contributed by atoms with van der Waals surface area (Å²) in [5.74, 6) is 3.50. The third kappa shape index (κ3) is 15.9. The van der Waals surface area contributed by atoms with E-state index in [9.17, 15) is 9.59 Å². The predicted molar refractivity (Wildman–Crippen MR) is 304 cm³/mol. The molecule has 23 heteroatoms. The standard InChI is InChI=1S/C41H34I8N6O9/c1-22(56)8-23-9-29(42)40(30(43)10-23)63-27-14-33(46)38(34(47)15-27)61-20-25-18-54(52-50-25)2-4-59-6-7-60-5-3-55-19-26(51-53-55)21-62-39-35(48)16-28(17-36(39)49)64-41-31(44)11-24(12-32(41)45)13-37(57)58/h9-12,14-19H,2-8,13,20-21H2,1H3,(H,57,58). The maximum atomic E-state index is 11.6. The van der Waals surface area contributed by atoms with Crippen LogP contribution in [0, 0.1) is 28.6 Å². The lowest BCUT2D eigenvalue weighted by Gasteiger charge is -2.15. The number of nitrogens with zero attached hydrogens (tertiary/aromatic N) is 6. The summed E-state index contributed by atoms with van der Waals surface area (Å²) in [6, 6.07) is 15.3. The fourth-order valence-corrected chi connectivity index (χ4v) is 14.0. The molecule has 0 fully saturated rings. The van der Waals surface area contributed by atoms with Crippen LogP contribution in [0.5, 0.6) is 34.5 Å². The molecule has 4 aromatic carbocycles. The van der Waals surface area contributed by atoms with Crippen LogP contribution in [0.4, 0.5) is 0 Å². The summed E-state index contributed by atoms with van der Waals surface area (Å²) in [6.45, 7) is 4.91. The zero-order valence-corrected chi connectivity index (χ0v) is 50.5. The molecule has 0 spiro atoms. The smallest absolute Gasteiger partial charge is 0.307 e. The number of hydrogen-bond acceptors (Lipinski definition) is 12. The second kappa shape index (κ2) is 25.7. The third-order valence-corrected chi connectivity index (χ3v) is 14.9. The van der Waals surface area contributed by atoms with Gasteiger partial charge in [-0.15, -0.1) is 10.2 Å². The molecule has 0 aliphatic rings. The minimum Gasteiger partial charge on any atom is -0.485 e. The first-order chi connectivity index (χ1) is 30.6. The monoisotopic (exact) mass is 1770 g/mol. The van der Waals surface area contributed by atoms with Crippen LogP contribution in [0.3, 0.4) is 0 Å². The van der Waals surface area contributed by atoms with Gasteiger partial charge in [-0.3, -0.25) is 9.59 Å². The van der Waals surface area contributed by atoms with Gasteiger partial charge in [-0.25, -0.2) is 9.36 Å². The van der Waals surface area contributed by atoms with Gasteiger partial charge in [0.15, 0.2) is 11.5 Å². The largest absolute Gasteiger partial charge is 0.485 e. The lowest BCUT2D eigenvalue weighted by molar-refractivity contribution is -0.136. The molecule has 0 bridgehead atoms. The summed E-state index contributed by atoms with van der Waals surface area (Å²) in [6.07, 6.45) is 4.04. The zero-order chi connectivity index (χ0) is 45.9. The van der Waals surface area contributed by atoms with Gasteiger partial charge in [-0.1, -0.05) is 10.4 Å².